The Morgan fingerprint density at radius 3 is 2.40 bits per heavy atom. The Labute approximate surface area is 152 Å². The van der Waals surface area contributed by atoms with E-state index in [1.54, 1.807) is 0 Å². The molecule has 0 unspecified atom stereocenters. The molecule has 1 aromatic heterocycles. The molecular formula is C20H34N4O. The van der Waals surface area contributed by atoms with Gasteiger partial charge in [-0.2, -0.15) is 0 Å². The van der Waals surface area contributed by atoms with E-state index < -0.39 is 0 Å². The molecule has 5 nitrogen and oxygen atoms in total. The second-order valence-corrected chi connectivity index (χ2v) is 7.67. The van der Waals surface area contributed by atoms with E-state index in [9.17, 15) is 4.79 Å². The average molecular weight is 347 g/mol. The summed E-state index contributed by atoms with van der Waals surface area (Å²) >= 11 is 0. The van der Waals surface area contributed by atoms with Gasteiger partial charge in [-0.25, -0.2) is 4.98 Å². The van der Waals surface area contributed by atoms with Crippen LogP contribution in [0.5, 0.6) is 0 Å². The molecule has 0 saturated carbocycles. The molecule has 1 N–H and O–H groups in total. The molecule has 0 atom stereocenters. The molecule has 1 saturated heterocycles. The summed E-state index contributed by atoms with van der Waals surface area (Å²) in [5.41, 5.74) is 1.18. The van der Waals surface area contributed by atoms with Crippen molar-refractivity contribution in [3.05, 3.63) is 23.9 Å². The summed E-state index contributed by atoms with van der Waals surface area (Å²) in [6, 6.07) is 5.17. The number of aromatic nitrogens is 1. The fourth-order valence-electron chi connectivity index (χ4n) is 3.58. The maximum atomic E-state index is 12.4. The van der Waals surface area contributed by atoms with E-state index in [1.165, 1.54) is 5.56 Å². The third-order valence-corrected chi connectivity index (χ3v) is 5.08. The second-order valence-electron chi connectivity index (χ2n) is 7.67. The van der Waals surface area contributed by atoms with Gasteiger partial charge in [-0.1, -0.05) is 6.07 Å². The number of anilines is 1. The fraction of sp³-hybridized carbons (Fsp3) is 0.700. The third kappa shape index (κ3) is 5.70. The van der Waals surface area contributed by atoms with Crippen LogP contribution < -0.4 is 10.2 Å². The number of hydrogen-bond acceptors (Lipinski definition) is 4. The Bertz CT molecular complexity index is 525. The molecule has 140 valence electrons. The Kier molecular flexibility index (Phi) is 7.24. The Morgan fingerprint density at radius 1 is 1.24 bits per heavy atom. The minimum Gasteiger partial charge on any atom is -0.357 e. The van der Waals surface area contributed by atoms with Crippen LogP contribution in [0.25, 0.3) is 0 Å². The highest BCUT2D eigenvalue weighted by Gasteiger charge is 2.25. The van der Waals surface area contributed by atoms with Crippen LogP contribution in [0.2, 0.25) is 0 Å². The molecule has 1 amide bonds. The zero-order valence-electron chi connectivity index (χ0n) is 16.5. The normalized spacial score (nSPS) is 16.1. The van der Waals surface area contributed by atoms with E-state index in [0.29, 0.717) is 12.1 Å². The Balaban J connectivity index is 1.74. The molecule has 0 aliphatic carbocycles. The topological polar surface area (TPSA) is 48.5 Å². The molecule has 0 spiro atoms. The van der Waals surface area contributed by atoms with Crippen LogP contribution in [0.15, 0.2) is 18.3 Å². The van der Waals surface area contributed by atoms with E-state index in [-0.39, 0.29) is 11.8 Å². The van der Waals surface area contributed by atoms with Crippen molar-refractivity contribution >= 4 is 11.7 Å². The summed E-state index contributed by atoms with van der Waals surface area (Å²) in [5.74, 6) is 1.37. The number of aryl methyl sites for hydroxylation is 1. The van der Waals surface area contributed by atoms with Crippen LogP contribution in [-0.4, -0.2) is 54.1 Å². The Morgan fingerprint density at radius 2 is 1.88 bits per heavy atom. The van der Waals surface area contributed by atoms with Crippen LogP contribution in [0.1, 0.15) is 46.1 Å². The van der Waals surface area contributed by atoms with Gasteiger partial charge in [-0.15, -0.1) is 0 Å². The predicted octanol–water partition coefficient (Wildman–Crippen LogP) is 2.84. The van der Waals surface area contributed by atoms with E-state index in [2.05, 4.69) is 59.9 Å². The van der Waals surface area contributed by atoms with Crippen molar-refractivity contribution in [2.24, 2.45) is 5.92 Å². The van der Waals surface area contributed by atoms with Gasteiger partial charge in [0.1, 0.15) is 5.82 Å². The summed E-state index contributed by atoms with van der Waals surface area (Å²) < 4.78 is 0. The van der Waals surface area contributed by atoms with Gasteiger partial charge in [0.2, 0.25) is 5.91 Å². The van der Waals surface area contributed by atoms with Gasteiger partial charge >= 0.3 is 0 Å². The first-order valence-corrected chi connectivity index (χ1v) is 9.59. The first-order valence-electron chi connectivity index (χ1n) is 9.59. The van der Waals surface area contributed by atoms with Crippen LogP contribution in [0, 0.1) is 12.8 Å². The summed E-state index contributed by atoms with van der Waals surface area (Å²) in [4.78, 5) is 21.6. The number of pyridine rings is 1. The van der Waals surface area contributed by atoms with Gasteiger partial charge in [0.05, 0.1) is 0 Å². The van der Waals surface area contributed by atoms with Gasteiger partial charge in [0.25, 0.3) is 0 Å². The maximum absolute atomic E-state index is 12.4. The van der Waals surface area contributed by atoms with Gasteiger partial charge in [-0.05, 0) is 59.1 Å². The number of carbonyl (C=O) groups excluding carboxylic acids is 1. The number of rotatable bonds is 7. The average Bonchev–Trinajstić information content (AvgIpc) is 2.58. The number of nitrogens with zero attached hydrogens (tertiary/aromatic N) is 3. The molecule has 2 heterocycles. The van der Waals surface area contributed by atoms with Gasteiger partial charge < -0.3 is 10.2 Å². The van der Waals surface area contributed by atoms with Crippen molar-refractivity contribution in [2.45, 2.75) is 59.5 Å². The highest BCUT2D eigenvalue weighted by atomic mass is 16.1. The molecule has 1 aromatic rings. The lowest BCUT2D eigenvalue weighted by atomic mass is 9.96. The van der Waals surface area contributed by atoms with Gasteiger partial charge in [-0.3, -0.25) is 9.69 Å². The van der Waals surface area contributed by atoms with Crippen molar-refractivity contribution in [3.63, 3.8) is 0 Å². The molecule has 25 heavy (non-hydrogen) atoms. The van der Waals surface area contributed by atoms with Crippen molar-refractivity contribution in [3.8, 4) is 0 Å². The summed E-state index contributed by atoms with van der Waals surface area (Å²) in [6.07, 6.45) is 3.71. The van der Waals surface area contributed by atoms with Crippen molar-refractivity contribution in [1.82, 2.24) is 15.2 Å². The SMILES string of the molecule is Cc1ccc(N2CCC(C(=O)NCCN(C(C)C)C(C)C)CC2)nc1. The van der Waals surface area contributed by atoms with Crippen LogP contribution in [-0.2, 0) is 4.79 Å². The van der Waals surface area contributed by atoms with Crippen molar-refractivity contribution in [1.29, 1.82) is 0 Å². The quantitative estimate of drug-likeness (QED) is 0.825. The number of amides is 1. The minimum atomic E-state index is 0.133. The zero-order chi connectivity index (χ0) is 18.4. The molecule has 1 aliphatic rings. The number of piperidine rings is 1. The largest absolute Gasteiger partial charge is 0.357 e. The molecule has 1 aliphatic heterocycles. The third-order valence-electron chi connectivity index (χ3n) is 5.08. The summed E-state index contributed by atoms with van der Waals surface area (Å²) in [6.45, 7) is 14.3. The van der Waals surface area contributed by atoms with Gasteiger partial charge in [0.15, 0.2) is 0 Å². The van der Waals surface area contributed by atoms with Crippen LogP contribution in [0.4, 0.5) is 5.82 Å². The Hall–Kier alpha value is -1.62. The molecule has 0 aromatic carbocycles. The lowest BCUT2D eigenvalue weighted by Gasteiger charge is -2.33. The molecule has 0 radical (unpaired) electrons. The predicted molar refractivity (Wildman–Crippen MR) is 104 cm³/mol. The molecular weight excluding hydrogens is 312 g/mol. The van der Waals surface area contributed by atoms with E-state index in [1.807, 2.05) is 13.1 Å². The second kappa shape index (κ2) is 9.18. The lowest BCUT2D eigenvalue weighted by Crippen LogP contribution is -2.45. The number of hydrogen-bond donors (Lipinski definition) is 1. The standard InChI is InChI=1S/C20H34N4O/c1-15(2)24(16(3)4)13-10-21-20(25)18-8-11-23(12-9-18)19-7-6-17(5)14-22-19/h6-7,14-16,18H,8-13H2,1-5H3,(H,21,25). The molecule has 2 rings (SSSR count). The summed E-state index contributed by atoms with van der Waals surface area (Å²) in [5, 5.41) is 3.14. The van der Waals surface area contributed by atoms with Crippen LogP contribution in [0.3, 0.4) is 0 Å². The molecule has 5 heteroatoms. The van der Waals surface area contributed by atoms with Crippen molar-refractivity contribution in [2.75, 3.05) is 31.1 Å². The van der Waals surface area contributed by atoms with Crippen molar-refractivity contribution < 1.29 is 4.79 Å². The van der Waals surface area contributed by atoms with E-state index >= 15 is 0 Å². The van der Waals surface area contributed by atoms with E-state index in [4.69, 9.17) is 0 Å². The monoisotopic (exact) mass is 346 g/mol. The van der Waals surface area contributed by atoms with Gasteiger partial charge in [0, 0.05) is 50.4 Å². The molecule has 0 bridgehead atoms. The molecule has 1 fully saturated rings. The number of nitrogens with one attached hydrogen (secondary N) is 1. The van der Waals surface area contributed by atoms with E-state index in [0.717, 1.165) is 44.8 Å². The highest BCUT2D eigenvalue weighted by Crippen LogP contribution is 2.22. The smallest absolute Gasteiger partial charge is 0.223 e. The zero-order valence-corrected chi connectivity index (χ0v) is 16.5. The maximum Gasteiger partial charge on any atom is 0.223 e. The highest BCUT2D eigenvalue weighted by molar-refractivity contribution is 5.78. The number of carbonyl (C=O) groups is 1. The fourth-order valence-corrected chi connectivity index (χ4v) is 3.58. The lowest BCUT2D eigenvalue weighted by molar-refractivity contribution is -0.125. The first-order chi connectivity index (χ1) is 11.9. The minimum absolute atomic E-state index is 0.133. The summed E-state index contributed by atoms with van der Waals surface area (Å²) in [7, 11) is 0. The first kappa shape index (κ1) is 19.7. The van der Waals surface area contributed by atoms with Crippen LogP contribution >= 0.6 is 0 Å².